The molecule has 0 fully saturated rings. The second kappa shape index (κ2) is 12.2. The second-order valence-corrected chi connectivity index (χ2v) is 7.83. The van der Waals surface area contributed by atoms with Crippen molar-refractivity contribution in [2.24, 2.45) is 5.10 Å². The molecule has 0 spiro atoms. The van der Waals surface area contributed by atoms with Gasteiger partial charge in [-0.3, -0.25) is 4.79 Å². The Balaban J connectivity index is 1.36. The van der Waals surface area contributed by atoms with Crippen LogP contribution < -0.4 is 19.6 Å². The maximum Gasteiger partial charge on any atom is 0.343 e. The van der Waals surface area contributed by atoms with Crippen LogP contribution in [0.15, 0.2) is 114 Å². The van der Waals surface area contributed by atoms with Crippen molar-refractivity contribution in [3.8, 4) is 17.2 Å². The van der Waals surface area contributed by atoms with Gasteiger partial charge in [0.25, 0.3) is 0 Å². The van der Waals surface area contributed by atoms with E-state index in [2.05, 4.69) is 10.5 Å². The van der Waals surface area contributed by atoms with Gasteiger partial charge in [-0.15, -0.1) is 0 Å². The Morgan fingerprint density at radius 1 is 0.750 bits per heavy atom. The summed E-state index contributed by atoms with van der Waals surface area (Å²) in [4.78, 5) is 25.0. The zero-order valence-corrected chi connectivity index (χ0v) is 19.7. The van der Waals surface area contributed by atoms with Crippen molar-refractivity contribution in [2.75, 3.05) is 0 Å². The van der Waals surface area contributed by atoms with Crippen LogP contribution in [0.2, 0.25) is 5.02 Å². The maximum atomic E-state index is 12.7. The number of hydrazone groups is 1. The predicted molar refractivity (Wildman–Crippen MR) is 137 cm³/mol. The molecule has 0 heterocycles. The second-order valence-electron chi connectivity index (χ2n) is 7.40. The molecule has 0 unspecified atom stereocenters. The van der Waals surface area contributed by atoms with Crippen molar-refractivity contribution >= 4 is 29.7 Å². The Morgan fingerprint density at radius 3 is 1.94 bits per heavy atom. The van der Waals surface area contributed by atoms with Gasteiger partial charge in [0, 0.05) is 5.02 Å². The molecule has 0 aliphatic heterocycles. The molecule has 4 rings (SSSR count). The first-order chi connectivity index (χ1) is 17.6. The first-order valence-corrected chi connectivity index (χ1v) is 11.3. The smallest absolute Gasteiger partial charge is 0.343 e. The van der Waals surface area contributed by atoms with Gasteiger partial charge in [-0.25, -0.2) is 10.2 Å². The van der Waals surface area contributed by atoms with E-state index in [1.54, 1.807) is 91.0 Å². The van der Waals surface area contributed by atoms with Gasteiger partial charge in [0.1, 0.15) is 17.2 Å². The number of hydrogen-bond acceptors (Lipinski definition) is 6. The minimum atomic E-state index is -1.26. The van der Waals surface area contributed by atoms with Crippen molar-refractivity contribution in [1.82, 2.24) is 5.43 Å². The fraction of sp³-hybridized carbons (Fsp3) is 0.0357. The lowest BCUT2D eigenvalue weighted by atomic mass is 10.2. The molecule has 1 N–H and O–H groups in total. The number of nitrogens with one attached hydrogen (secondary N) is 1. The van der Waals surface area contributed by atoms with Crippen LogP contribution in [-0.2, 0) is 4.79 Å². The van der Waals surface area contributed by atoms with E-state index in [4.69, 9.17) is 25.8 Å². The zero-order valence-electron chi connectivity index (χ0n) is 18.9. The van der Waals surface area contributed by atoms with Crippen LogP contribution in [0.25, 0.3) is 0 Å². The number of rotatable bonds is 9. The number of carbonyl (C=O) groups excluding carboxylic acids is 2. The molecule has 0 aliphatic carbocycles. The van der Waals surface area contributed by atoms with Gasteiger partial charge in [-0.1, -0.05) is 54.1 Å². The van der Waals surface area contributed by atoms with Gasteiger partial charge in [0.2, 0.25) is 0 Å². The van der Waals surface area contributed by atoms with Crippen LogP contribution in [0.3, 0.4) is 0 Å². The summed E-state index contributed by atoms with van der Waals surface area (Å²) >= 11 is 5.92. The quantitative estimate of drug-likeness (QED) is 0.108. The summed E-state index contributed by atoms with van der Waals surface area (Å²) in [6.07, 6.45) is 0.183. The number of amides is 1. The van der Waals surface area contributed by atoms with E-state index in [0.717, 1.165) is 0 Å². The minimum absolute atomic E-state index is 0.348. The van der Waals surface area contributed by atoms with E-state index in [0.29, 0.717) is 33.4 Å². The molecular formula is C28H21ClN2O5. The highest BCUT2D eigenvalue weighted by molar-refractivity contribution is 6.30. The van der Waals surface area contributed by atoms with Gasteiger partial charge in [0.05, 0.1) is 11.8 Å². The number of ether oxygens (including phenoxy) is 3. The van der Waals surface area contributed by atoms with E-state index in [1.165, 1.54) is 12.3 Å². The number of carbonyl (C=O) groups is 2. The van der Waals surface area contributed by atoms with E-state index in [-0.39, 0.29) is 0 Å². The monoisotopic (exact) mass is 500 g/mol. The predicted octanol–water partition coefficient (Wildman–Crippen LogP) is 5.49. The van der Waals surface area contributed by atoms with Gasteiger partial charge < -0.3 is 14.2 Å². The first kappa shape index (κ1) is 24.5. The maximum absolute atomic E-state index is 12.7. The Hall–Kier alpha value is -4.62. The average molecular weight is 501 g/mol. The number of para-hydroxylation sites is 2. The van der Waals surface area contributed by atoms with Crippen molar-refractivity contribution < 1.29 is 23.8 Å². The number of halogens is 1. The normalized spacial score (nSPS) is 10.7. The van der Waals surface area contributed by atoms with Gasteiger partial charge in [-0.2, -0.15) is 5.10 Å². The van der Waals surface area contributed by atoms with Crippen LogP contribution >= 0.6 is 11.6 Å². The number of benzene rings is 4. The molecule has 1 amide bonds. The molecule has 0 aliphatic rings. The molecule has 0 bridgehead atoms. The molecule has 0 radical (unpaired) electrons. The summed E-state index contributed by atoms with van der Waals surface area (Å²) in [7, 11) is 0. The first-order valence-electron chi connectivity index (χ1n) is 10.9. The number of nitrogens with zero attached hydrogens (tertiary/aromatic N) is 1. The lowest BCUT2D eigenvalue weighted by Gasteiger charge is -2.18. The van der Waals surface area contributed by atoms with Crippen LogP contribution in [0.4, 0.5) is 0 Å². The van der Waals surface area contributed by atoms with Crippen molar-refractivity contribution in [3.05, 3.63) is 125 Å². The third-order valence-corrected chi connectivity index (χ3v) is 4.96. The van der Waals surface area contributed by atoms with E-state index in [9.17, 15) is 9.59 Å². The Bertz CT molecular complexity index is 1290. The zero-order chi connectivity index (χ0) is 25.2. The van der Waals surface area contributed by atoms with Gasteiger partial charge in [0.15, 0.2) is 0 Å². The molecule has 180 valence electrons. The van der Waals surface area contributed by atoms with E-state index >= 15 is 0 Å². The summed E-state index contributed by atoms with van der Waals surface area (Å²) < 4.78 is 16.8. The highest BCUT2D eigenvalue weighted by atomic mass is 35.5. The molecule has 7 nitrogen and oxygen atoms in total. The van der Waals surface area contributed by atoms with Gasteiger partial charge >= 0.3 is 18.2 Å². The average Bonchev–Trinajstić information content (AvgIpc) is 2.90. The SMILES string of the molecule is O=C(Oc1ccc(/C=N\NC(=O)C(Oc2ccccc2)Oc2ccccc2)cc1)c1cccc(Cl)c1. The van der Waals surface area contributed by atoms with Crippen molar-refractivity contribution in [3.63, 3.8) is 0 Å². The Kier molecular flexibility index (Phi) is 8.30. The van der Waals surface area contributed by atoms with Crippen molar-refractivity contribution in [2.45, 2.75) is 6.29 Å². The Labute approximate surface area is 212 Å². The van der Waals surface area contributed by atoms with Crippen LogP contribution in [-0.4, -0.2) is 24.4 Å². The molecule has 36 heavy (non-hydrogen) atoms. The standard InChI is InChI=1S/C28H21ClN2O5/c29-22-9-7-8-21(18-22)27(33)34-25-16-14-20(15-17-25)19-30-31-26(32)28(35-23-10-3-1-4-11-23)36-24-12-5-2-6-13-24/h1-19,28H,(H,31,32)/b30-19-. The molecule has 0 aromatic heterocycles. The molecule has 4 aromatic rings. The summed E-state index contributed by atoms with van der Waals surface area (Å²) in [6.45, 7) is 0. The van der Waals surface area contributed by atoms with Crippen molar-refractivity contribution in [1.29, 1.82) is 0 Å². The fourth-order valence-corrected chi connectivity index (χ4v) is 3.19. The summed E-state index contributed by atoms with van der Waals surface area (Å²) in [5.41, 5.74) is 3.44. The molecule has 8 heteroatoms. The minimum Gasteiger partial charge on any atom is -0.446 e. The lowest BCUT2D eigenvalue weighted by Crippen LogP contribution is -2.40. The largest absolute Gasteiger partial charge is 0.446 e. The van der Waals surface area contributed by atoms with E-state index < -0.39 is 18.2 Å². The van der Waals surface area contributed by atoms with Crippen LogP contribution in [0.5, 0.6) is 17.2 Å². The highest BCUT2D eigenvalue weighted by Gasteiger charge is 2.22. The third-order valence-electron chi connectivity index (χ3n) is 4.73. The lowest BCUT2D eigenvalue weighted by molar-refractivity contribution is -0.140. The third kappa shape index (κ3) is 7.19. The topological polar surface area (TPSA) is 86.2 Å². The summed E-state index contributed by atoms with van der Waals surface area (Å²) in [6, 6.07) is 30.8. The van der Waals surface area contributed by atoms with Crippen LogP contribution in [0.1, 0.15) is 15.9 Å². The fourth-order valence-electron chi connectivity index (χ4n) is 3.00. The molecular weight excluding hydrogens is 480 g/mol. The molecule has 0 saturated carbocycles. The number of esters is 1. The Morgan fingerprint density at radius 2 is 1.36 bits per heavy atom. The highest BCUT2D eigenvalue weighted by Crippen LogP contribution is 2.17. The molecule has 4 aromatic carbocycles. The molecule has 0 saturated heterocycles. The van der Waals surface area contributed by atoms with Gasteiger partial charge in [-0.05, 0) is 72.3 Å². The van der Waals surface area contributed by atoms with E-state index in [1.807, 2.05) is 12.1 Å². The number of hydrogen-bond donors (Lipinski definition) is 1. The molecule has 0 atom stereocenters. The van der Waals surface area contributed by atoms with Crippen LogP contribution in [0, 0.1) is 0 Å². The summed E-state index contributed by atoms with van der Waals surface area (Å²) in [5.74, 6) is 0.190. The summed E-state index contributed by atoms with van der Waals surface area (Å²) in [5, 5.41) is 4.43.